The van der Waals surface area contributed by atoms with E-state index in [0.29, 0.717) is 26.2 Å². The average Bonchev–Trinajstić information content (AvgIpc) is 2.61. The minimum Gasteiger partial charge on any atom is -0.247 e. The van der Waals surface area contributed by atoms with Crippen molar-refractivity contribution in [2.24, 2.45) is 0 Å². The molecule has 1 fully saturated rings. The molecule has 0 radical (unpaired) electrons. The van der Waals surface area contributed by atoms with Crippen molar-refractivity contribution in [3.63, 3.8) is 0 Å². The smallest absolute Gasteiger partial charge is 0.247 e. The van der Waals surface area contributed by atoms with Crippen molar-refractivity contribution in [1.29, 1.82) is 0 Å². The van der Waals surface area contributed by atoms with Gasteiger partial charge in [-0.25, -0.2) is 24.2 Å². The highest BCUT2D eigenvalue weighted by Gasteiger charge is 2.57. The lowest BCUT2D eigenvalue weighted by atomic mass is 10.2. The third kappa shape index (κ3) is 4.81. The normalized spacial score (nSPS) is 17.5. The van der Waals surface area contributed by atoms with Crippen LogP contribution in [0.4, 0.5) is 14.4 Å². The minimum absolute atomic E-state index is 0.207. The predicted molar refractivity (Wildman–Crippen MR) is 99.2 cm³/mol. The Morgan fingerprint density at radius 3 is 1.32 bits per heavy atom. The van der Waals surface area contributed by atoms with Crippen LogP contribution in [0.15, 0.2) is 0 Å². The number of hydrogen-bond acceptors (Lipinski definition) is 3. The first kappa shape index (κ1) is 21.6. The minimum atomic E-state index is -0.418. The third-order valence-electron chi connectivity index (χ3n) is 4.91. The molecule has 0 bridgehead atoms. The number of unbranched alkanes of at least 4 members (excludes halogenated alkanes) is 4. The number of amides is 6. The van der Waals surface area contributed by atoms with Gasteiger partial charge in [-0.15, -0.1) is 0 Å². The van der Waals surface area contributed by atoms with Gasteiger partial charge in [0.25, 0.3) is 0 Å². The average molecular weight is 355 g/mol. The Morgan fingerprint density at radius 2 is 1.00 bits per heavy atom. The second-order valence-corrected chi connectivity index (χ2v) is 6.98. The summed E-state index contributed by atoms with van der Waals surface area (Å²) in [6.45, 7) is 9.99. The fraction of sp³-hybridized carbons (Fsp3) is 0.842. The number of hydrogen-bond donors (Lipinski definition) is 0. The number of urea groups is 3. The topological polar surface area (TPSA) is 57.7 Å². The summed E-state index contributed by atoms with van der Waals surface area (Å²) < 4.78 is -0.207. The van der Waals surface area contributed by atoms with Crippen LogP contribution in [0, 0.1) is 0 Å². The van der Waals surface area contributed by atoms with Crippen molar-refractivity contribution >= 4 is 18.1 Å². The Balaban J connectivity index is 3.24. The number of carbonyl (C=O) groups excluding carboxylic acids is 3. The molecule has 0 aromatic rings. The molecule has 1 heterocycles. The quantitative estimate of drug-likeness (QED) is 0.464. The Bertz CT molecular complexity index is 425. The van der Waals surface area contributed by atoms with Crippen LogP contribution < -0.4 is 0 Å². The van der Waals surface area contributed by atoms with Gasteiger partial charge < -0.3 is 0 Å². The molecular weight excluding hydrogens is 318 g/mol. The standard InChI is InChI=1S/C19H36N3O3/c1-5-9-13-20-17(23)21(14-10-6-2)19(25)22(18(20)24,15-11-7-3)16-12-8-4/h5-16H2,1-4H3/q+1. The lowest BCUT2D eigenvalue weighted by Crippen LogP contribution is -2.73. The number of nitrogens with zero attached hydrogens (tertiary/aromatic N) is 3. The summed E-state index contributed by atoms with van der Waals surface area (Å²) in [6.07, 6.45) is 6.81. The molecule has 0 spiro atoms. The van der Waals surface area contributed by atoms with Crippen LogP contribution in [0.5, 0.6) is 0 Å². The first-order valence-corrected chi connectivity index (χ1v) is 10.0. The Morgan fingerprint density at radius 1 is 0.640 bits per heavy atom. The lowest BCUT2D eigenvalue weighted by molar-refractivity contribution is -0.778. The van der Waals surface area contributed by atoms with Crippen molar-refractivity contribution in [3.05, 3.63) is 0 Å². The summed E-state index contributed by atoms with van der Waals surface area (Å²) in [5, 5.41) is 0. The molecular formula is C19H36N3O3+. The maximum Gasteiger partial charge on any atom is 0.436 e. The van der Waals surface area contributed by atoms with E-state index in [1.165, 1.54) is 9.80 Å². The Hall–Kier alpha value is -1.43. The van der Waals surface area contributed by atoms with Crippen LogP contribution in [0.3, 0.4) is 0 Å². The molecule has 0 atom stereocenters. The molecule has 0 saturated carbocycles. The second kappa shape index (κ2) is 10.5. The number of quaternary nitrogens is 1. The van der Waals surface area contributed by atoms with Crippen molar-refractivity contribution < 1.29 is 18.9 Å². The largest absolute Gasteiger partial charge is 0.436 e. The highest BCUT2D eigenvalue weighted by molar-refractivity contribution is 6.05. The summed E-state index contributed by atoms with van der Waals surface area (Å²) in [7, 11) is 0. The van der Waals surface area contributed by atoms with Gasteiger partial charge in [-0.05, 0) is 25.7 Å². The van der Waals surface area contributed by atoms with Gasteiger partial charge in [0.15, 0.2) is 0 Å². The SMILES string of the molecule is CCCCN1C(=O)N(CCCC)C(=O)[N+](CCCC)(CCCC)C1=O. The molecule has 0 N–H and O–H groups in total. The van der Waals surface area contributed by atoms with Gasteiger partial charge >= 0.3 is 18.1 Å². The first-order valence-electron chi connectivity index (χ1n) is 10.0. The first-order chi connectivity index (χ1) is 12.0. The molecule has 0 aromatic heterocycles. The van der Waals surface area contributed by atoms with E-state index in [0.717, 1.165) is 51.4 Å². The summed E-state index contributed by atoms with van der Waals surface area (Å²) in [5.74, 6) is 0. The fourth-order valence-electron chi connectivity index (χ4n) is 3.22. The third-order valence-corrected chi connectivity index (χ3v) is 4.91. The maximum absolute atomic E-state index is 13.2. The van der Waals surface area contributed by atoms with E-state index in [9.17, 15) is 14.4 Å². The predicted octanol–water partition coefficient (Wildman–Crippen LogP) is 4.98. The zero-order valence-corrected chi connectivity index (χ0v) is 16.6. The van der Waals surface area contributed by atoms with E-state index >= 15 is 0 Å². The van der Waals surface area contributed by atoms with Crippen LogP contribution >= 0.6 is 0 Å². The van der Waals surface area contributed by atoms with E-state index in [2.05, 4.69) is 13.8 Å². The van der Waals surface area contributed by atoms with Gasteiger partial charge in [0.05, 0.1) is 13.1 Å². The summed E-state index contributed by atoms with van der Waals surface area (Å²) in [4.78, 5) is 41.9. The molecule has 25 heavy (non-hydrogen) atoms. The summed E-state index contributed by atoms with van der Waals surface area (Å²) in [5.41, 5.74) is 0. The molecule has 144 valence electrons. The zero-order chi connectivity index (χ0) is 18.9. The molecule has 1 saturated heterocycles. The van der Waals surface area contributed by atoms with Gasteiger partial charge in [0, 0.05) is 13.1 Å². The van der Waals surface area contributed by atoms with Crippen molar-refractivity contribution in [3.8, 4) is 0 Å². The molecule has 1 aliphatic heterocycles. The maximum atomic E-state index is 13.2. The van der Waals surface area contributed by atoms with E-state index < -0.39 is 6.03 Å². The lowest BCUT2D eigenvalue weighted by Gasteiger charge is -2.43. The highest BCUT2D eigenvalue weighted by atomic mass is 16.2. The Kier molecular flexibility index (Phi) is 9.11. The summed E-state index contributed by atoms with van der Waals surface area (Å²) in [6, 6.07) is -1.03. The number of rotatable bonds is 12. The van der Waals surface area contributed by atoms with Gasteiger partial charge in [0.2, 0.25) is 0 Å². The molecule has 6 nitrogen and oxygen atoms in total. The van der Waals surface area contributed by atoms with Crippen molar-refractivity contribution in [2.75, 3.05) is 26.2 Å². The molecule has 6 heteroatoms. The number of carbonyl (C=O) groups is 3. The van der Waals surface area contributed by atoms with E-state index in [1.54, 1.807) is 0 Å². The van der Waals surface area contributed by atoms with Crippen LogP contribution in [0.2, 0.25) is 0 Å². The van der Waals surface area contributed by atoms with Crippen LogP contribution in [-0.4, -0.2) is 58.6 Å². The van der Waals surface area contributed by atoms with E-state index in [-0.39, 0.29) is 16.5 Å². The van der Waals surface area contributed by atoms with Crippen LogP contribution in [0.25, 0.3) is 0 Å². The molecule has 0 unspecified atom stereocenters. The molecule has 1 aliphatic rings. The highest BCUT2D eigenvalue weighted by Crippen LogP contribution is 2.27. The number of imide groups is 3. The van der Waals surface area contributed by atoms with Gasteiger partial charge in [-0.2, -0.15) is 4.48 Å². The van der Waals surface area contributed by atoms with Gasteiger partial charge in [-0.3, -0.25) is 0 Å². The van der Waals surface area contributed by atoms with E-state index in [4.69, 9.17) is 0 Å². The molecule has 0 aliphatic carbocycles. The fourth-order valence-corrected chi connectivity index (χ4v) is 3.22. The molecule has 6 amide bonds. The monoisotopic (exact) mass is 354 g/mol. The zero-order valence-electron chi connectivity index (χ0n) is 16.6. The Labute approximate surface area is 152 Å². The second-order valence-electron chi connectivity index (χ2n) is 6.98. The molecule has 0 aromatic carbocycles. The van der Waals surface area contributed by atoms with Crippen molar-refractivity contribution in [1.82, 2.24) is 9.80 Å². The van der Waals surface area contributed by atoms with Gasteiger partial charge in [-0.1, -0.05) is 53.4 Å². The summed E-state index contributed by atoms with van der Waals surface area (Å²) >= 11 is 0. The molecule has 1 rings (SSSR count). The van der Waals surface area contributed by atoms with Gasteiger partial charge in [0.1, 0.15) is 0 Å². The van der Waals surface area contributed by atoms with Crippen LogP contribution in [0.1, 0.15) is 79.1 Å². The van der Waals surface area contributed by atoms with E-state index in [1.807, 2.05) is 13.8 Å². The van der Waals surface area contributed by atoms with Crippen LogP contribution in [-0.2, 0) is 0 Å². The van der Waals surface area contributed by atoms with Crippen molar-refractivity contribution in [2.45, 2.75) is 79.1 Å².